The second-order valence-corrected chi connectivity index (χ2v) is 9.46. The maximum absolute atomic E-state index is 13.3. The minimum atomic E-state index is -0.277. The van der Waals surface area contributed by atoms with Gasteiger partial charge in [0, 0.05) is 19.6 Å². The van der Waals surface area contributed by atoms with Crippen LogP contribution < -0.4 is 5.56 Å². The van der Waals surface area contributed by atoms with Gasteiger partial charge in [-0.2, -0.15) is 0 Å². The maximum atomic E-state index is 13.3. The van der Waals surface area contributed by atoms with Crippen LogP contribution in [0.4, 0.5) is 4.39 Å². The summed E-state index contributed by atoms with van der Waals surface area (Å²) in [5, 5.41) is 3.01. The van der Waals surface area contributed by atoms with Crippen LogP contribution in [-0.4, -0.2) is 32.2 Å². The normalized spacial score (nSPS) is 14.9. The van der Waals surface area contributed by atoms with E-state index in [0.717, 1.165) is 31.2 Å². The molecule has 2 heterocycles. The second-order valence-electron chi connectivity index (χ2n) is 7.63. The van der Waals surface area contributed by atoms with Gasteiger partial charge in [0.2, 0.25) is 5.91 Å². The van der Waals surface area contributed by atoms with E-state index < -0.39 is 0 Å². The number of rotatable bonds is 6. The van der Waals surface area contributed by atoms with E-state index >= 15 is 0 Å². The zero-order chi connectivity index (χ0) is 21.1. The van der Waals surface area contributed by atoms with Crippen LogP contribution in [0, 0.1) is 5.82 Å². The third-order valence-corrected chi connectivity index (χ3v) is 7.41. The Hall–Kier alpha value is -2.19. The molecule has 0 spiro atoms. The van der Waals surface area contributed by atoms with Crippen molar-refractivity contribution in [3.05, 3.63) is 57.4 Å². The van der Waals surface area contributed by atoms with Crippen LogP contribution in [0.2, 0.25) is 0 Å². The molecular formula is C22H24FN3O2S2. The summed E-state index contributed by atoms with van der Waals surface area (Å²) in [7, 11) is 1.69. The smallest absolute Gasteiger partial charge is 0.262 e. The lowest BCUT2D eigenvalue weighted by Crippen LogP contribution is -2.42. The van der Waals surface area contributed by atoms with Gasteiger partial charge in [-0.1, -0.05) is 43.2 Å². The van der Waals surface area contributed by atoms with E-state index in [1.54, 1.807) is 25.2 Å². The molecule has 30 heavy (non-hydrogen) atoms. The van der Waals surface area contributed by atoms with Crippen molar-refractivity contribution in [3.8, 4) is 0 Å². The average Bonchev–Trinajstić information content (AvgIpc) is 3.24. The summed E-state index contributed by atoms with van der Waals surface area (Å²) in [5.74, 6) is -0.0351. The second kappa shape index (κ2) is 9.31. The SMILES string of the molecule is Cn1c(SCC(=O)N(Cc2ccc(F)cc2)C2CCCCC2)nc2sccc2c1=O. The first-order valence-corrected chi connectivity index (χ1v) is 12.0. The van der Waals surface area contributed by atoms with Gasteiger partial charge in [0.1, 0.15) is 10.6 Å². The molecule has 0 aliphatic heterocycles. The molecule has 1 amide bonds. The van der Waals surface area contributed by atoms with Crippen LogP contribution in [-0.2, 0) is 18.4 Å². The van der Waals surface area contributed by atoms with Gasteiger partial charge in [-0.05, 0) is 42.0 Å². The number of amides is 1. The van der Waals surface area contributed by atoms with E-state index in [4.69, 9.17) is 0 Å². The van der Waals surface area contributed by atoms with E-state index in [0.29, 0.717) is 21.9 Å². The van der Waals surface area contributed by atoms with Crippen molar-refractivity contribution >= 4 is 39.2 Å². The molecule has 0 N–H and O–H groups in total. The first-order chi connectivity index (χ1) is 14.5. The van der Waals surface area contributed by atoms with Gasteiger partial charge in [0.05, 0.1) is 11.1 Å². The molecule has 8 heteroatoms. The van der Waals surface area contributed by atoms with Crippen molar-refractivity contribution in [2.75, 3.05) is 5.75 Å². The molecule has 0 unspecified atom stereocenters. The van der Waals surface area contributed by atoms with Gasteiger partial charge in [0.25, 0.3) is 5.56 Å². The molecule has 1 aliphatic rings. The Morgan fingerprint density at radius 1 is 1.23 bits per heavy atom. The predicted molar refractivity (Wildman–Crippen MR) is 119 cm³/mol. The average molecular weight is 446 g/mol. The number of nitrogens with zero attached hydrogens (tertiary/aromatic N) is 3. The lowest BCUT2D eigenvalue weighted by atomic mass is 9.94. The largest absolute Gasteiger partial charge is 0.335 e. The molecule has 0 bridgehead atoms. The van der Waals surface area contributed by atoms with E-state index in [1.807, 2.05) is 10.3 Å². The third kappa shape index (κ3) is 4.59. The van der Waals surface area contributed by atoms with Crippen molar-refractivity contribution in [2.45, 2.75) is 49.8 Å². The summed E-state index contributed by atoms with van der Waals surface area (Å²) >= 11 is 2.73. The summed E-state index contributed by atoms with van der Waals surface area (Å²) in [4.78, 5) is 32.9. The molecular weight excluding hydrogens is 421 g/mol. The van der Waals surface area contributed by atoms with Crippen LogP contribution >= 0.6 is 23.1 Å². The van der Waals surface area contributed by atoms with Gasteiger partial charge in [0.15, 0.2) is 5.16 Å². The standard InChI is InChI=1S/C22H24FN3O2S2/c1-25-21(28)18-11-12-29-20(18)24-22(25)30-14-19(27)26(17-5-3-2-4-6-17)13-15-7-9-16(23)10-8-15/h7-12,17H,2-6,13-14H2,1H3. The molecule has 0 radical (unpaired) electrons. The fourth-order valence-corrected chi connectivity index (χ4v) is 5.58. The third-order valence-electron chi connectivity index (χ3n) is 5.59. The Balaban J connectivity index is 1.52. The van der Waals surface area contributed by atoms with Crippen LogP contribution in [0.5, 0.6) is 0 Å². The highest BCUT2D eigenvalue weighted by Gasteiger charge is 2.26. The molecule has 1 aromatic carbocycles. The number of carbonyl (C=O) groups is 1. The number of hydrogen-bond acceptors (Lipinski definition) is 5. The Bertz CT molecular complexity index is 1090. The molecule has 5 nitrogen and oxygen atoms in total. The van der Waals surface area contributed by atoms with Crippen molar-refractivity contribution in [1.82, 2.24) is 14.5 Å². The molecule has 3 aromatic rings. The molecule has 0 atom stereocenters. The highest BCUT2D eigenvalue weighted by atomic mass is 32.2. The predicted octanol–water partition coefficient (Wildman–Crippen LogP) is 4.59. The zero-order valence-electron chi connectivity index (χ0n) is 16.8. The molecule has 2 aromatic heterocycles. The number of benzene rings is 1. The summed E-state index contributed by atoms with van der Waals surface area (Å²) in [6.07, 6.45) is 5.44. The van der Waals surface area contributed by atoms with E-state index in [1.165, 1.54) is 46.2 Å². The topological polar surface area (TPSA) is 55.2 Å². The van der Waals surface area contributed by atoms with Crippen LogP contribution in [0.1, 0.15) is 37.7 Å². The van der Waals surface area contributed by atoms with E-state index in [2.05, 4.69) is 4.98 Å². The molecule has 1 fully saturated rings. The van der Waals surface area contributed by atoms with Crippen molar-refractivity contribution < 1.29 is 9.18 Å². The molecule has 0 saturated heterocycles. The van der Waals surface area contributed by atoms with Gasteiger partial charge >= 0.3 is 0 Å². The number of halogens is 1. The minimum absolute atomic E-state index is 0.0248. The van der Waals surface area contributed by atoms with E-state index in [9.17, 15) is 14.0 Å². The number of carbonyl (C=O) groups excluding carboxylic acids is 1. The quantitative estimate of drug-likeness (QED) is 0.411. The van der Waals surface area contributed by atoms with Crippen molar-refractivity contribution in [3.63, 3.8) is 0 Å². The van der Waals surface area contributed by atoms with Gasteiger partial charge in [-0.3, -0.25) is 14.2 Å². The van der Waals surface area contributed by atoms with Gasteiger partial charge in [-0.15, -0.1) is 11.3 Å². The van der Waals surface area contributed by atoms with E-state index in [-0.39, 0.29) is 29.1 Å². The summed E-state index contributed by atoms with van der Waals surface area (Å²) in [5.41, 5.74) is 0.831. The molecule has 1 saturated carbocycles. The Morgan fingerprint density at radius 2 is 1.97 bits per heavy atom. The fourth-order valence-electron chi connectivity index (χ4n) is 3.92. The molecule has 1 aliphatic carbocycles. The highest BCUT2D eigenvalue weighted by Crippen LogP contribution is 2.26. The Labute approximate surface area is 182 Å². The number of fused-ring (bicyclic) bond motifs is 1. The number of thiophene rings is 1. The Morgan fingerprint density at radius 3 is 2.70 bits per heavy atom. The lowest BCUT2D eigenvalue weighted by molar-refractivity contribution is -0.132. The number of aromatic nitrogens is 2. The fraction of sp³-hybridized carbons (Fsp3) is 0.409. The Kier molecular flexibility index (Phi) is 6.53. The first-order valence-electron chi connectivity index (χ1n) is 10.1. The lowest BCUT2D eigenvalue weighted by Gasteiger charge is -2.34. The molecule has 158 valence electrons. The minimum Gasteiger partial charge on any atom is -0.335 e. The first kappa shape index (κ1) is 21.1. The number of hydrogen-bond donors (Lipinski definition) is 0. The van der Waals surface area contributed by atoms with Crippen molar-refractivity contribution in [1.29, 1.82) is 0 Å². The summed E-state index contributed by atoms with van der Waals surface area (Å²) < 4.78 is 14.8. The zero-order valence-corrected chi connectivity index (χ0v) is 18.5. The summed E-state index contributed by atoms with van der Waals surface area (Å²) in [6, 6.07) is 8.33. The van der Waals surface area contributed by atoms with Gasteiger partial charge < -0.3 is 4.90 Å². The monoisotopic (exact) mass is 445 g/mol. The molecule has 4 rings (SSSR count). The van der Waals surface area contributed by atoms with Crippen LogP contribution in [0.3, 0.4) is 0 Å². The highest BCUT2D eigenvalue weighted by molar-refractivity contribution is 7.99. The maximum Gasteiger partial charge on any atom is 0.262 e. The van der Waals surface area contributed by atoms with Crippen LogP contribution in [0.25, 0.3) is 10.2 Å². The van der Waals surface area contributed by atoms with Crippen LogP contribution in [0.15, 0.2) is 45.7 Å². The summed E-state index contributed by atoms with van der Waals surface area (Å²) in [6.45, 7) is 0.473. The van der Waals surface area contributed by atoms with Crippen molar-refractivity contribution in [2.24, 2.45) is 7.05 Å². The van der Waals surface area contributed by atoms with Gasteiger partial charge in [-0.25, -0.2) is 9.37 Å². The number of thioether (sulfide) groups is 1.